The molecule has 0 radical (unpaired) electrons. The highest BCUT2D eigenvalue weighted by atomic mass is 19.1. The van der Waals surface area contributed by atoms with E-state index in [1.54, 1.807) is 0 Å². The average molecular weight is 200 g/mol. The molecule has 1 heterocycles. The van der Waals surface area contributed by atoms with Crippen LogP contribution in [0.1, 0.15) is 12.8 Å². The molecule has 0 saturated carbocycles. The number of fused-ring (bicyclic) bond motifs is 1. The van der Waals surface area contributed by atoms with Gasteiger partial charge in [0.2, 0.25) is 0 Å². The highest BCUT2D eigenvalue weighted by Crippen LogP contribution is 2.40. The van der Waals surface area contributed by atoms with E-state index in [1.165, 1.54) is 7.11 Å². The number of cyclic esters (lactones) is 2. The van der Waals surface area contributed by atoms with Crippen molar-refractivity contribution in [2.24, 2.45) is 11.8 Å². The van der Waals surface area contributed by atoms with E-state index in [9.17, 15) is 14.0 Å². The zero-order valence-electron chi connectivity index (χ0n) is 7.58. The van der Waals surface area contributed by atoms with Crippen LogP contribution in [-0.4, -0.2) is 19.0 Å². The molecule has 1 aliphatic carbocycles. The van der Waals surface area contributed by atoms with Gasteiger partial charge in [0.05, 0.1) is 18.9 Å². The van der Waals surface area contributed by atoms with Gasteiger partial charge in [-0.1, -0.05) is 0 Å². The van der Waals surface area contributed by atoms with Gasteiger partial charge in [-0.2, -0.15) is 0 Å². The summed E-state index contributed by atoms with van der Waals surface area (Å²) in [6.45, 7) is 0. The van der Waals surface area contributed by atoms with Gasteiger partial charge in [0.1, 0.15) is 11.6 Å². The number of hydrogen-bond donors (Lipinski definition) is 0. The summed E-state index contributed by atoms with van der Waals surface area (Å²) in [4.78, 5) is 22.2. The van der Waals surface area contributed by atoms with Crippen molar-refractivity contribution in [3.63, 3.8) is 0 Å². The maximum Gasteiger partial charge on any atom is 0.317 e. The van der Waals surface area contributed by atoms with E-state index in [-0.39, 0.29) is 18.6 Å². The van der Waals surface area contributed by atoms with Crippen LogP contribution in [0.4, 0.5) is 4.39 Å². The zero-order chi connectivity index (χ0) is 10.3. The molecule has 0 bridgehead atoms. The molecule has 2 unspecified atom stereocenters. The minimum absolute atomic E-state index is 0.0849. The molecule has 4 nitrogen and oxygen atoms in total. The van der Waals surface area contributed by atoms with Crippen molar-refractivity contribution in [2.45, 2.75) is 12.8 Å². The largest absolute Gasteiger partial charge is 0.498 e. The molecule has 2 aliphatic rings. The topological polar surface area (TPSA) is 52.6 Å². The molecular weight excluding hydrogens is 191 g/mol. The van der Waals surface area contributed by atoms with Gasteiger partial charge in [0.25, 0.3) is 0 Å². The van der Waals surface area contributed by atoms with Crippen molar-refractivity contribution in [3.8, 4) is 0 Å². The monoisotopic (exact) mass is 200 g/mol. The van der Waals surface area contributed by atoms with Crippen LogP contribution in [0, 0.1) is 11.8 Å². The van der Waals surface area contributed by atoms with Crippen molar-refractivity contribution < 1.29 is 23.5 Å². The summed E-state index contributed by atoms with van der Waals surface area (Å²) >= 11 is 0. The molecule has 0 aromatic heterocycles. The summed E-state index contributed by atoms with van der Waals surface area (Å²) in [5.41, 5.74) is 0. The van der Waals surface area contributed by atoms with E-state index in [0.717, 1.165) is 0 Å². The molecule has 5 heteroatoms. The van der Waals surface area contributed by atoms with Gasteiger partial charge in [-0.15, -0.1) is 0 Å². The fourth-order valence-electron chi connectivity index (χ4n) is 1.84. The Morgan fingerprint density at radius 3 is 2.43 bits per heavy atom. The molecule has 0 N–H and O–H groups in total. The lowest BCUT2D eigenvalue weighted by molar-refractivity contribution is -0.153. The fraction of sp³-hybridized carbons (Fsp3) is 0.556. The SMILES string of the molecule is COC1=C(F)CC2C(=O)OC(=O)C2C1. The van der Waals surface area contributed by atoms with Crippen molar-refractivity contribution in [3.05, 3.63) is 11.6 Å². The van der Waals surface area contributed by atoms with E-state index >= 15 is 0 Å². The molecule has 0 aromatic rings. The van der Waals surface area contributed by atoms with Crippen LogP contribution in [0.2, 0.25) is 0 Å². The van der Waals surface area contributed by atoms with E-state index in [2.05, 4.69) is 4.74 Å². The zero-order valence-corrected chi connectivity index (χ0v) is 7.58. The van der Waals surface area contributed by atoms with E-state index < -0.39 is 29.6 Å². The van der Waals surface area contributed by atoms with Crippen LogP contribution in [0.5, 0.6) is 0 Å². The summed E-state index contributed by atoms with van der Waals surface area (Å²) in [6.07, 6.45) is 0.0377. The van der Waals surface area contributed by atoms with Crippen LogP contribution < -0.4 is 0 Å². The average Bonchev–Trinajstić information content (AvgIpc) is 2.41. The summed E-state index contributed by atoms with van der Waals surface area (Å²) in [6, 6.07) is 0. The molecule has 0 amide bonds. The molecule has 1 saturated heterocycles. The Kier molecular flexibility index (Phi) is 2.02. The van der Waals surface area contributed by atoms with Crippen LogP contribution in [-0.2, 0) is 19.1 Å². The number of carbonyl (C=O) groups excluding carboxylic acids is 2. The standard InChI is InChI=1S/C9H9FO4/c1-13-7-3-5-4(2-6(7)10)8(11)14-9(5)12/h4-5H,2-3H2,1H3. The van der Waals surface area contributed by atoms with Gasteiger partial charge in [0.15, 0.2) is 0 Å². The van der Waals surface area contributed by atoms with Gasteiger partial charge >= 0.3 is 11.9 Å². The van der Waals surface area contributed by atoms with Gasteiger partial charge in [-0.3, -0.25) is 9.59 Å². The van der Waals surface area contributed by atoms with Crippen molar-refractivity contribution >= 4 is 11.9 Å². The van der Waals surface area contributed by atoms with E-state index in [0.29, 0.717) is 0 Å². The first-order valence-corrected chi connectivity index (χ1v) is 4.30. The Hall–Kier alpha value is -1.39. The second kappa shape index (κ2) is 3.08. The van der Waals surface area contributed by atoms with Crippen LogP contribution in [0.25, 0.3) is 0 Å². The highest BCUT2D eigenvalue weighted by Gasteiger charge is 2.48. The van der Waals surface area contributed by atoms with Crippen molar-refractivity contribution in [2.75, 3.05) is 7.11 Å². The summed E-state index contributed by atoms with van der Waals surface area (Å²) in [7, 11) is 1.34. The number of carbonyl (C=O) groups is 2. The number of methoxy groups -OCH3 is 1. The van der Waals surface area contributed by atoms with E-state index in [4.69, 9.17) is 4.74 Å². The van der Waals surface area contributed by atoms with Gasteiger partial charge in [0, 0.05) is 12.8 Å². The number of halogens is 1. The third kappa shape index (κ3) is 1.20. The quantitative estimate of drug-likeness (QED) is 0.466. The minimum Gasteiger partial charge on any atom is -0.498 e. The van der Waals surface area contributed by atoms with Gasteiger partial charge < -0.3 is 9.47 Å². The Morgan fingerprint density at radius 2 is 1.86 bits per heavy atom. The predicted octanol–water partition coefficient (Wildman–Crippen LogP) is 0.923. The smallest absolute Gasteiger partial charge is 0.317 e. The molecule has 2 rings (SSSR count). The Balaban J connectivity index is 2.28. The van der Waals surface area contributed by atoms with Gasteiger partial charge in [-0.25, -0.2) is 4.39 Å². The summed E-state index contributed by atoms with van der Waals surface area (Å²) in [5, 5.41) is 0. The third-order valence-electron chi connectivity index (χ3n) is 2.65. The van der Waals surface area contributed by atoms with Crippen molar-refractivity contribution in [1.29, 1.82) is 0 Å². The molecule has 0 aromatic carbocycles. The first-order chi connectivity index (χ1) is 6.63. The number of rotatable bonds is 1. The molecule has 2 atom stereocenters. The Labute approximate surface area is 79.7 Å². The minimum atomic E-state index is -0.651. The lowest BCUT2D eigenvalue weighted by Gasteiger charge is -2.20. The van der Waals surface area contributed by atoms with Crippen LogP contribution in [0.3, 0.4) is 0 Å². The maximum absolute atomic E-state index is 13.2. The molecular formula is C9H9FO4. The maximum atomic E-state index is 13.2. The number of hydrogen-bond acceptors (Lipinski definition) is 4. The second-order valence-electron chi connectivity index (χ2n) is 3.39. The van der Waals surface area contributed by atoms with Crippen molar-refractivity contribution in [1.82, 2.24) is 0 Å². The molecule has 1 fully saturated rings. The Bertz CT molecular complexity index is 334. The molecule has 76 valence electrons. The highest BCUT2D eigenvalue weighted by molar-refractivity contribution is 5.97. The normalized spacial score (nSPS) is 31.6. The summed E-state index contributed by atoms with van der Waals surface area (Å²) in [5.74, 6) is -2.70. The predicted molar refractivity (Wildman–Crippen MR) is 42.5 cm³/mol. The lowest BCUT2D eigenvalue weighted by atomic mass is 9.83. The van der Waals surface area contributed by atoms with Gasteiger partial charge in [-0.05, 0) is 0 Å². The Morgan fingerprint density at radius 1 is 1.29 bits per heavy atom. The molecule has 1 aliphatic heterocycles. The number of ether oxygens (including phenoxy) is 2. The first-order valence-electron chi connectivity index (χ1n) is 4.30. The van der Waals surface area contributed by atoms with E-state index in [1.807, 2.05) is 0 Å². The molecule has 0 spiro atoms. The fourth-order valence-corrected chi connectivity index (χ4v) is 1.84. The van der Waals surface area contributed by atoms with Crippen LogP contribution in [0.15, 0.2) is 11.6 Å². The summed E-state index contributed by atoms with van der Waals surface area (Å²) < 4.78 is 22.4. The molecule has 14 heavy (non-hydrogen) atoms. The number of esters is 2. The first kappa shape index (κ1) is 9.18. The van der Waals surface area contributed by atoms with Crippen LogP contribution >= 0.6 is 0 Å². The lowest BCUT2D eigenvalue weighted by Crippen LogP contribution is -2.23. The third-order valence-corrected chi connectivity index (χ3v) is 2.65. The number of allylic oxidation sites excluding steroid dienone is 2. The second-order valence-corrected chi connectivity index (χ2v) is 3.39.